The topological polar surface area (TPSA) is 35.2 Å². The Hall–Kier alpha value is -1.03. The Bertz CT molecular complexity index is 480. The fraction of sp³-hybridized carbons (Fsp3) is 0.231. The van der Waals surface area contributed by atoms with Crippen molar-refractivity contribution in [2.24, 2.45) is 5.73 Å². The highest BCUT2D eigenvalue weighted by atomic mass is 35.5. The van der Waals surface area contributed by atoms with Crippen LogP contribution in [0.1, 0.15) is 16.5 Å². The van der Waals surface area contributed by atoms with Crippen molar-refractivity contribution in [3.63, 3.8) is 0 Å². The second-order valence-corrected chi connectivity index (χ2v) is 5.54. The molecule has 2 aromatic rings. The number of rotatable bonds is 4. The van der Waals surface area contributed by atoms with Gasteiger partial charge in [-0.3, -0.25) is 0 Å². The molecule has 2 rings (SSSR count). The molecule has 90 valence electrons. The van der Waals surface area contributed by atoms with Crippen molar-refractivity contribution >= 4 is 22.9 Å². The number of benzene rings is 1. The van der Waals surface area contributed by atoms with Gasteiger partial charge in [-0.15, -0.1) is 11.3 Å². The van der Waals surface area contributed by atoms with E-state index in [0.29, 0.717) is 6.54 Å². The number of thiophene rings is 1. The van der Waals surface area contributed by atoms with Gasteiger partial charge in [0.2, 0.25) is 0 Å². The number of aryl methyl sites for hydroxylation is 1. The molecule has 1 aromatic heterocycles. The number of hydrogen-bond donors (Lipinski definition) is 1. The minimum atomic E-state index is -0.129. The van der Waals surface area contributed by atoms with Gasteiger partial charge in [-0.05, 0) is 31.2 Å². The number of hydrogen-bond acceptors (Lipinski definition) is 3. The van der Waals surface area contributed by atoms with Crippen LogP contribution in [0.25, 0.3) is 0 Å². The Morgan fingerprint density at radius 3 is 2.47 bits per heavy atom. The van der Waals surface area contributed by atoms with Gasteiger partial charge in [0, 0.05) is 11.4 Å². The predicted molar refractivity (Wildman–Crippen MR) is 72.9 cm³/mol. The van der Waals surface area contributed by atoms with Crippen molar-refractivity contribution in [1.29, 1.82) is 0 Å². The zero-order valence-corrected chi connectivity index (χ0v) is 11.1. The number of ether oxygens (including phenoxy) is 1. The number of nitrogens with two attached hydrogens (primary N) is 1. The highest BCUT2D eigenvalue weighted by Gasteiger charge is 2.13. The fourth-order valence-corrected chi connectivity index (χ4v) is 2.61. The van der Waals surface area contributed by atoms with Crippen LogP contribution in [0.5, 0.6) is 5.75 Å². The van der Waals surface area contributed by atoms with Crippen LogP contribution in [0.3, 0.4) is 0 Å². The molecule has 2 nitrogen and oxygen atoms in total. The Labute approximate surface area is 110 Å². The van der Waals surface area contributed by atoms with E-state index in [4.69, 9.17) is 22.1 Å². The van der Waals surface area contributed by atoms with Gasteiger partial charge in [0.1, 0.15) is 11.9 Å². The van der Waals surface area contributed by atoms with Crippen molar-refractivity contribution in [3.05, 3.63) is 51.2 Å². The molecule has 0 amide bonds. The summed E-state index contributed by atoms with van der Waals surface area (Å²) in [5, 5.41) is 0. The van der Waals surface area contributed by atoms with Gasteiger partial charge < -0.3 is 10.5 Å². The molecule has 1 aromatic carbocycles. The first-order chi connectivity index (χ1) is 8.19. The van der Waals surface area contributed by atoms with Crippen LogP contribution >= 0.6 is 22.9 Å². The van der Waals surface area contributed by atoms with Crippen LogP contribution in [-0.2, 0) is 0 Å². The van der Waals surface area contributed by atoms with Crippen molar-refractivity contribution in [2.45, 2.75) is 13.0 Å². The van der Waals surface area contributed by atoms with Gasteiger partial charge >= 0.3 is 0 Å². The molecule has 1 heterocycles. The Morgan fingerprint density at radius 1 is 1.24 bits per heavy atom. The maximum Gasteiger partial charge on any atom is 0.145 e. The summed E-state index contributed by atoms with van der Waals surface area (Å²) < 4.78 is 6.60. The molecule has 1 unspecified atom stereocenters. The van der Waals surface area contributed by atoms with Crippen molar-refractivity contribution in [3.8, 4) is 5.75 Å². The lowest BCUT2D eigenvalue weighted by Crippen LogP contribution is -2.17. The molecular formula is C13H14ClNOS. The van der Waals surface area contributed by atoms with Crippen LogP contribution < -0.4 is 10.5 Å². The minimum Gasteiger partial charge on any atom is -0.484 e. The van der Waals surface area contributed by atoms with E-state index in [0.717, 1.165) is 15.0 Å². The number of halogens is 1. The normalized spacial score (nSPS) is 12.4. The predicted octanol–water partition coefficient (Wildman–Crippen LogP) is 3.79. The standard InChI is InChI=1S/C13H14ClNOS/c1-9-2-4-10(5-3-9)16-11(8-15)12-6-7-13(14)17-12/h2-7,11H,8,15H2,1H3. The Kier molecular flexibility index (Phi) is 4.05. The van der Waals surface area contributed by atoms with Gasteiger partial charge in [0.05, 0.1) is 4.34 Å². The molecule has 0 spiro atoms. The molecule has 0 saturated heterocycles. The summed E-state index contributed by atoms with van der Waals surface area (Å²) >= 11 is 7.41. The maximum absolute atomic E-state index is 5.91. The molecule has 4 heteroatoms. The molecule has 0 aliphatic heterocycles. The highest BCUT2D eigenvalue weighted by molar-refractivity contribution is 7.16. The second kappa shape index (κ2) is 5.54. The van der Waals surface area contributed by atoms with E-state index in [-0.39, 0.29) is 6.10 Å². The van der Waals surface area contributed by atoms with Crippen LogP contribution in [0.4, 0.5) is 0 Å². The largest absolute Gasteiger partial charge is 0.484 e. The van der Waals surface area contributed by atoms with E-state index in [1.165, 1.54) is 16.9 Å². The molecule has 0 bridgehead atoms. The van der Waals surface area contributed by atoms with Gasteiger partial charge in [-0.25, -0.2) is 0 Å². The third kappa shape index (κ3) is 3.22. The molecule has 0 aliphatic carbocycles. The smallest absolute Gasteiger partial charge is 0.145 e. The monoisotopic (exact) mass is 267 g/mol. The summed E-state index contributed by atoms with van der Waals surface area (Å²) in [5.41, 5.74) is 6.94. The van der Waals surface area contributed by atoms with E-state index in [2.05, 4.69) is 0 Å². The quantitative estimate of drug-likeness (QED) is 0.915. The molecule has 0 aliphatic rings. The summed E-state index contributed by atoms with van der Waals surface area (Å²) in [4.78, 5) is 1.05. The zero-order valence-electron chi connectivity index (χ0n) is 9.52. The average Bonchev–Trinajstić information content (AvgIpc) is 2.75. The van der Waals surface area contributed by atoms with Crippen LogP contribution in [-0.4, -0.2) is 6.54 Å². The zero-order chi connectivity index (χ0) is 12.3. The van der Waals surface area contributed by atoms with Crippen molar-refractivity contribution in [1.82, 2.24) is 0 Å². The maximum atomic E-state index is 5.91. The van der Waals surface area contributed by atoms with Crippen LogP contribution in [0.15, 0.2) is 36.4 Å². The third-order valence-corrected chi connectivity index (χ3v) is 3.75. The Morgan fingerprint density at radius 2 is 1.94 bits per heavy atom. The molecule has 0 radical (unpaired) electrons. The second-order valence-electron chi connectivity index (χ2n) is 3.80. The summed E-state index contributed by atoms with van der Waals surface area (Å²) in [7, 11) is 0. The molecule has 17 heavy (non-hydrogen) atoms. The van der Waals surface area contributed by atoms with E-state index < -0.39 is 0 Å². The van der Waals surface area contributed by atoms with E-state index in [1.54, 1.807) is 0 Å². The third-order valence-electron chi connectivity index (χ3n) is 2.42. The molecule has 2 N–H and O–H groups in total. The molecule has 0 fully saturated rings. The minimum absolute atomic E-state index is 0.129. The lowest BCUT2D eigenvalue weighted by atomic mass is 10.2. The lowest BCUT2D eigenvalue weighted by Gasteiger charge is -2.16. The van der Waals surface area contributed by atoms with Gasteiger partial charge in [-0.2, -0.15) is 0 Å². The molecular weight excluding hydrogens is 254 g/mol. The summed E-state index contributed by atoms with van der Waals surface area (Å²) in [6.45, 7) is 2.48. The van der Waals surface area contributed by atoms with Crippen molar-refractivity contribution in [2.75, 3.05) is 6.54 Å². The first-order valence-electron chi connectivity index (χ1n) is 5.37. The molecule has 1 atom stereocenters. The average molecular weight is 268 g/mol. The summed E-state index contributed by atoms with van der Waals surface area (Å²) in [6.07, 6.45) is -0.129. The van der Waals surface area contributed by atoms with E-state index in [9.17, 15) is 0 Å². The first kappa shape index (κ1) is 12.4. The summed E-state index contributed by atoms with van der Waals surface area (Å²) in [5.74, 6) is 0.829. The van der Waals surface area contributed by atoms with E-state index >= 15 is 0 Å². The molecule has 0 saturated carbocycles. The SMILES string of the molecule is Cc1ccc(OC(CN)c2ccc(Cl)s2)cc1. The highest BCUT2D eigenvalue weighted by Crippen LogP contribution is 2.29. The van der Waals surface area contributed by atoms with Gasteiger partial charge in [0.15, 0.2) is 0 Å². The summed E-state index contributed by atoms with van der Waals surface area (Å²) in [6, 6.07) is 11.8. The first-order valence-corrected chi connectivity index (χ1v) is 6.57. The van der Waals surface area contributed by atoms with Crippen LogP contribution in [0, 0.1) is 6.92 Å². The fourth-order valence-electron chi connectivity index (χ4n) is 1.50. The Balaban J connectivity index is 2.12. The van der Waals surface area contributed by atoms with Crippen LogP contribution in [0.2, 0.25) is 4.34 Å². The van der Waals surface area contributed by atoms with Gasteiger partial charge in [0.25, 0.3) is 0 Å². The lowest BCUT2D eigenvalue weighted by molar-refractivity contribution is 0.218. The van der Waals surface area contributed by atoms with Crippen molar-refractivity contribution < 1.29 is 4.74 Å². The van der Waals surface area contributed by atoms with E-state index in [1.807, 2.05) is 43.3 Å². The van der Waals surface area contributed by atoms with Gasteiger partial charge in [-0.1, -0.05) is 29.3 Å².